The highest BCUT2D eigenvalue weighted by molar-refractivity contribution is 7.78. The minimum Gasteiger partial charge on any atom is -0.268 e. The van der Waals surface area contributed by atoms with Crippen molar-refractivity contribution < 1.29 is 0 Å². The van der Waals surface area contributed by atoms with Crippen molar-refractivity contribution in [3.63, 3.8) is 0 Å². The summed E-state index contributed by atoms with van der Waals surface area (Å²) >= 11 is 4.08. The Hall–Kier alpha value is -1.55. The van der Waals surface area contributed by atoms with Crippen LogP contribution in [0.5, 0.6) is 0 Å². The number of thiol groups is 1. The lowest BCUT2D eigenvalue weighted by Gasteiger charge is -2.04. The lowest BCUT2D eigenvalue weighted by atomic mass is 10.1. The fraction of sp³-hybridized carbons (Fsp3) is 0.0909. The molecule has 0 unspecified atom stereocenters. The van der Waals surface area contributed by atoms with Crippen LogP contribution in [0, 0.1) is 0 Å². The van der Waals surface area contributed by atoms with Gasteiger partial charge < -0.3 is 0 Å². The number of hydrogen-bond donors (Lipinski definition) is 1. The zero-order valence-electron chi connectivity index (χ0n) is 8.00. The number of aromatic nitrogens is 2. The van der Waals surface area contributed by atoms with E-state index in [9.17, 15) is 4.79 Å². The molecule has 15 heavy (non-hydrogen) atoms. The minimum atomic E-state index is -0.153. The van der Waals surface area contributed by atoms with E-state index >= 15 is 0 Å². The van der Waals surface area contributed by atoms with Gasteiger partial charge in [-0.2, -0.15) is 0 Å². The summed E-state index contributed by atoms with van der Waals surface area (Å²) in [4.78, 5) is 15.4. The van der Waals surface area contributed by atoms with E-state index in [-0.39, 0.29) is 5.56 Å². The molecule has 0 bridgehead atoms. The quantitative estimate of drug-likeness (QED) is 0.776. The van der Waals surface area contributed by atoms with Crippen LogP contribution in [0.4, 0.5) is 0 Å². The zero-order chi connectivity index (χ0) is 10.7. The molecule has 1 aromatic heterocycles. The van der Waals surface area contributed by atoms with Crippen LogP contribution in [-0.2, 0) is 6.42 Å². The monoisotopic (exact) mass is 218 g/mol. The maximum absolute atomic E-state index is 11.3. The first-order chi connectivity index (χ1) is 7.27. The molecule has 3 nitrogen and oxygen atoms in total. The molecule has 0 amide bonds. The summed E-state index contributed by atoms with van der Waals surface area (Å²) in [6.45, 7) is 0. The third-order valence-electron chi connectivity index (χ3n) is 2.10. The summed E-state index contributed by atoms with van der Waals surface area (Å²) in [7, 11) is 0. The largest absolute Gasteiger partial charge is 0.268 e. The lowest BCUT2D eigenvalue weighted by Crippen LogP contribution is -2.16. The van der Waals surface area contributed by atoms with Gasteiger partial charge in [0.25, 0.3) is 5.56 Å². The molecule has 1 heterocycles. The van der Waals surface area contributed by atoms with Gasteiger partial charge in [-0.25, -0.2) is 8.96 Å². The van der Waals surface area contributed by atoms with Crippen molar-refractivity contribution in [3.05, 3.63) is 64.3 Å². The van der Waals surface area contributed by atoms with Crippen LogP contribution < -0.4 is 5.56 Å². The number of hydrogen-bond acceptors (Lipinski definition) is 3. The molecule has 0 spiro atoms. The van der Waals surface area contributed by atoms with Gasteiger partial charge in [0, 0.05) is 18.7 Å². The van der Waals surface area contributed by atoms with E-state index in [1.54, 1.807) is 0 Å². The number of nitrogens with zero attached hydrogens (tertiary/aromatic N) is 2. The maximum atomic E-state index is 11.3. The molecule has 0 atom stereocenters. The van der Waals surface area contributed by atoms with Crippen molar-refractivity contribution in [1.82, 2.24) is 8.96 Å². The van der Waals surface area contributed by atoms with E-state index in [0.29, 0.717) is 12.2 Å². The molecule has 2 rings (SSSR count). The lowest BCUT2D eigenvalue weighted by molar-refractivity contribution is 0.910. The van der Waals surface area contributed by atoms with Crippen LogP contribution in [0.15, 0.2) is 47.4 Å². The van der Waals surface area contributed by atoms with Crippen LogP contribution in [-0.4, -0.2) is 8.96 Å². The molecular weight excluding hydrogens is 208 g/mol. The van der Waals surface area contributed by atoms with E-state index in [1.165, 1.54) is 16.2 Å². The Kier molecular flexibility index (Phi) is 2.87. The van der Waals surface area contributed by atoms with Gasteiger partial charge in [-0.05, 0) is 5.56 Å². The Labute approximate surface area is 93.0 Å². The van der Waals surface area contributed by atoms with Gasteiger partial charge in [0.2, 0.25) is 0 Å². The van der Waals surface area contributed by atoms with Crippen LogP contribution in [0.25, 0.3) is 0 Å². The van der Waals surface area contributed by atoms with Gasteiger partial charge >= 0.3 is 0 Å². The second kappa shape index (κ2) is 4.31. The molecular formula is C11H10N2OS. The van der Waals surface area contributed by atoms with Gasteiger partial charge in [0.05, 0.1) is 0 Å². The maximum Gasteiger partial charge on any atom is 0.263 e. The van der Waals surface area contributed by atoms with E-state index in [4.69, 9.17) is 0 Å². The molecule has 1 aromatic carbocycles. The predicted molar refractivity (Wildman–Crippen MR) is 62.1 cm³/mol. The third kappa shape index (κ3) is 2.27. The van der Waals surface area contributed by atoms with Crippen molar-refractivity contribution in [3.8, 4) is 0 Å². The first-order valence-corrected chi connectivity index (χ1v) is 4.97. The van der Waals surface area contributed by atoms with Crippen LogP contribution in [0.3, 0.4) is 0 Å². The standard InChI is InChI=1S/C11H10N2OS/c14-11-6-7-12-10(13(11)15)8-9-4-2-1-3-5-9/h1-7,15H,8H2. The first-order valence-electron chi connectivity index (χ1n) is 4.57. The molecule has 0 aliphatic heterocycles. The number of benzene rings is 1. The Morgan fingerprint density at radius 3 is 2.67 bits per heavy atom. The smallest absolute Gasteiger partial charge is 0.263 e. The van der Waals surface area contributed by atoms with Crippen molar-refractivity contribution in [2.75, 3.05) is 0 Å². The average molecular weight is 218 g/mol. The molecule has 4 heteroatoms. The van der Waals surface area contributed by atoms with Crippen molar-refractivity contribution in [1.29, 1.82) is 0 Å². The van der Waals surface area contributed by atoms with Gasteiger partial charge in [-0.1, -0.05) is 43.1 Å². The predicted octanol–water partition coefficient (Wildman–Crippen LogP) is 1.53. The molecule has 0 saturated heterocycles. The minimum absolute atomic E-state index is 0.153. The van der Waals surface area contributed by atoms with Gasteiger partial charge in [-0.3, -0.25) is 4.79 Å². The summed E-state index contributed by atoms with van der Waals surface area (Å²) in [6, 6.07) is 11.2. The molecule has 0 fully saturated rings. The Balaban J connectivity index is 2.33. The molecule has 2 aromatic rings. The average Bonchev–Trinajstić information content (AvgIpc) is 2.26. The Morgan fingerprint density at radius 1 is 1.20 bits per heavy atom. The summed E-state index contributed by atoms with van der Waals surface area (Å²) in [5.74, 6) is 0.650. The first kappa shape index (κ1) is 9.98. The molecule has 0 radical (unpaired) electrons. The summed E-state index contributed by atoms with van der Waals surface area (Å²) < 4.78 is 1.27. The molecule has 0 aliphatic carbocycles. The highest BCUT2D eigenvalue weighted by atomic mass is 32.1. The number of rotatable bonds is 2. The molecule has 0 saturated carbocycles. The van der Waals surface area contributed by atoms with Crippen LogP contribution in [0.2, 0.25) is 0 Å². The fourth-order valence-electron chi connectivity index (χ4n) is 1.34. The van der Waals surface area contributed by atoms with Gasteiger partial charge in [-0.15, -0.1) is 0 Å². The highest BCUT2D eigenvalue weighted by Gasteiger charge is 2.02. The second-order valence-corrected chi connectivity index (χ2v) is 3.57. The fourth-order valence-corrected chi connectivity index (χ4v) is 1.53. The van der Waals surface area contributed by atoms with Crippen LogP contribution in [0.1, 0.15) is 11.4 Å². The summed E-state index contributed by atoms with van der Waals surface area (Å²) in [5, 5.41) is 0. The summed E-state index contributed by atoms with van der Waals surface area (Å²) in [6.07, 6.45) is 2.12. The topological polar surface area (TPSA) is 34.9 Å². The molecule has 0 aliphatic rings. The normalized spacial score (nSPS) is 10.2. The van der Waals surface area contributed by atoms with Gasteiger partial charge in [0.1, 0.15) is 5.82 Å². The Bertz CT molecular complexity index is 507. The van der Waals surface area contributed by atoms with Crippen molar-refractivity contribution in [2.24, 2.45) is 0 Å². The Morgan fingerprint density at radius 2 is 1.93 bits per heavy atom. The van der Waals surface area contributed by atoms with E-state index in [0.717, 1.165) is 5.56 Å². The zero-order valence-corrected chi connectivity index (χ0v) is 8.89. The highest BCUT2D eigenvalue weighted by Crippen LogP contribution is 2.05. The van der Waals surface area contributed by atoms with E-state index in [2.05, 4.69) is 17.8 Å². The second-order valence-electron chi connectivity index (χ2n) is 3.17. The van der Waals surface area contributed by atoms with E-state index in [1.807, 2.05) is 30.3 Å². The van der Waals surface area contributed by atoms with Gasteiger partial charge in [0.15, 0.2) is 0 Å². The molecule has 0 N–H and O–H groups in total. The molecule has 76 valence electrons. The summed E-state index contributed by atoms with van der Waals surface area (Å²) in [5.41, 5.74) is 0.956. The van der Waals surface area contributed by atoms with E-state index < -0.39 is 0 Å². The van der Waals surface area contributed by atoms with Crippen molar-refractivity contribution >= 4 is 12.8 Å². The van der Waals surface area contributed by atoms with Crippen LogP contribution >= 0.6 is 12.8 Å². The van der Waals surface area contributed by atoms with Crippen molar-refractivity contribution in [2.45, 2.75) is 6.42 Å². The third-order valence-corrected chi connectivity index (χ3v) is 2.53. The SMILES string of the molecule is O=c1ccnc(Cc2ccccc2)n1S.